The smallest absolute Gasteiger partial charge is 0.326 e. The summed E-state index contributed by atoms with van der Waals surface area (Å²) in [6, 6.07) is -0.559. The van der Waals surface area contributed by atoms with E-state index in [-0.39, 0.29) is 11.7 Å². The number of fused-ring (bicyclic) bond motifs is 2. The van der Waals surface area contributed by atoms with E-state index < -0.39 is 37.4 Å². The lowest BCUT2D eigenvalue weighted by Gasteiger charge is -2.24. The fourth-order valence-electron chi connectivity index (χ4n) is 4.02. The maximum absolute atomic E-state index is 11.4. The van der Waals surface area contributed by atoms with Gasteiger partial charge in [-0.25, -0.2) is 15.0 Å². The molecule has 2 aromatic rings. The zero-order chi connectivity index (χ0) is 16.6. The SMILES string of the molecule is Nc1ncnc2c1ncn2[C@H]1[C@H](O)[C@H](O)C2(CP(=O)(O)O)C[C@H]12. The highest BCUT2D eigenvalue weighted by atomic mass is 31.2. The Labute approximate surface area is 130 Å². The highest BCUT2D eigenvalue weighted by Gasteiger charge is 2.72. The van der Waals surface area contributed by atoms with Crippen molar-refractivity contribution in [1.29, 1.82) is 0 Å². The monoisotopic (exact) mass is 341 g/mol. The molecule has 2 heterocycles. The van der Waals surface area contributed by atoms with Gasteiger partial charge in [-0.15, -0.1) is 0 Å². The quantitative estimate of drug-likeness (QED) is 0.434. The number of anilines is 1. The van der Waals surface area contributed by atoms with E-state index in [0.29, 0.717) is 17.6 Å². The summed E-state index contributed by atoms with van der Waals surface area (Å²) in [5.74, 6) is -0.0484. The lowest BCUT2D eigenvalue weighted by Crippen LogP contribution is -2.35. The Bertz CT molecular complexity index is 836. The summed E-state index contributed by atoms with van der Waals surface area (Å²) in [7, 11) is -4.30. The van der Waals surface area contributed by atoms with Crippen molar-refractivity contribution in [2.75, 3.05) is 11.9 Å². The number of hydrogen-bond donors (Lipinski definition) is 5. The van der Waals surface area contributed by atoms with Crippen LogP contribution in [-0.4, -0.2) is 57.9 Å². The molecule has 0 radical (unpaired) electrons. The van der Waals surface area contributed by atoms with E-state index in [1.165, 1.54) is 12.7 Å². The number of nitrogens with zero attached hydrogens (tertiary/aromatic N) is 4. The minimum atomic E-state index is -4.30. The number of hydrogen-bond acceptors (Lipinski definition) is 7. The van der Waals surface area contributed by atoms with Gasteiger partial charge in [0.25, 0.3) is 0 Å². The van der Waals surface area contributed by atoms with Gasteiger partial charge in [0, 0.05) is 5.41 Å². The number of nitrogen functional groups attached to an aromatic ring is 1. The van der Waals surface area contributed by atoms with Gasteiger partial charge in [0.05, 0.1) is 24.6 Å². The van der Waals surface area contributed by atoms with E-state index in [9.17, 15) is 24.6 Å². The second kappa shape index (κ2) is 4.49. The van der Waals surface area contributed by atoms with Gasteiger partial charge < -0.3 is 30.3 Å². The summed E-state index contributed by atoms with van der Waals surface area (Å²) < 4.78 is 13.0. The summed E-state index contributed by atoms with van der Waals surface area (Å²) in [4.78, 5) is 30.6. The van der Waals surface area contributed by atoms with Crippen molar-refractivity contribution in [3.63, 3.8) is 0 Å². The maximum Gasteiger partial charge on any atom is 0.326 e. The first-order chi connectivity index (χ1) is 10.7. The minimum Gasteiger partial charge on any atom is -0.390 e. The van der Waals surface area contributed by atoms with Crippen LogP contribution in [0, 0.1) is 11.3 Å². The van der Waals surface area contributed by atoms with Crippen LogP contribution < -0.4 is 5.73 Å². The van der Waals surface area contributed by atoms with Crippen molar-refractivity contribution in [3.05, 3.63) is 12.7 Å². The molecule has 2 aromatic heterocycles. The first kappa shape index (κ1) is 15.0. The molecule has 0 aliphatic heterocycles. The van der Waals surface area contributed by atoms with Gasteiger partial charge in [0.15, 0.2) is 11.5 Å². The second-order valence-electron chi connectivity index (χ2n) is 6.38. The molecule has 6 N–H and O–H groups in total. The topological polar surface area (TPSA) is 168 Å². The van der Waals surface area contributed by atoms with E-state index in [0.717, 1.165) is 0 Å². The molecule has 2 fully saturated rings. The van der Waals surface area contributed by atoms with Crippen molar-refractivity contribution in [2.45, 2.75) is 24.7 Å². The molecule has 2 aliphatic rings. The van der Waals surface area contributed by atoms with Gasteiger partial charge in [0.2, 0.25) is 0 Å². The molecule has 2 aliphatic carbocycles. The molecular weight excluding hydrogens is 325 g/mol. The molecule has 4 rings (SSSR count). The van der Waals surface area contributed by atoms with Gasteiger partial charge in [-0.1, -0.05) is 0 Å². The van der Waals surface area contributed by atoms with Crippen molar-refractivity contribution >= 4 is 24.6 Å². The fourth-order valence-corrected chi connectivity index (χ4v) is 5.34. The number of aliphatic hydroxyl groups excluding tert-OH is 2. The highest BCUT2D eigenvalue weighted by molar-refractivity contribution is 7.51. The van der Waals surface area contributed by atoms with Crippen molar-refractivity contribution in [2.24, 2.45) is 11.3 Å². The molecule has 124 valence electrons. The first-order valence-corrected chi connectivity index (χ1v) is 8.88. The van der Waals surface area contributed by atoms with Crippen molar-refractivity contribution in [1.82, 2.24) is 19.5 Å². The number of imidazole rings is 1. The van der Waals surface area contributed by atoms with Crippen molar-refractivity contribution < 1.29 is 24.6 Å². The molecule has 5 atom stereocenters. The third-order valence-electron chi connectivity index (χ3n) is 5.06. The Morgan fingerprint density at radius 1 is 1.35 bits per heavy atom. The zero-order valence-electron chi connectivity index (χ0n) is 11.9. The van der Waals surface area contributed by atoms with Gasteiger partial charge in [-0.05, 0) is 12.3 Å². The van der Waals surface area contributed by atoms with Crippen LogP contribution in [0.4, 0.5) is 5.82 Å². The lowest BCUT2D eigenvalue weighted by atomic mass is 10.0. The van der Waals surface area contributed by atoms with E-state index >= 15 is 0 Å². The molecule has 1 unspecified atom stereocenters. The van der Waals surface area contributed by atoms with Crippen LogP contribution in [0.15, 0.2) is 12.7 Å². The van der Waals surface area contributed by atoms with Crippen LogP contribution in [0.25, 0.3) is 11.2 Å². The average molecular weight is 341 g/mol. The highest BCUT2D eigenvalue weighted by Crippen LogP contribution is 2.71. The standard InChI is InChI=1S/C12H16N5O5P/c13-10-6-11(15-3-14-10)17(4-16-6)7-5-1-12(5,2-23(20,21)22)9(19)8(7)18/h3-5,7-9,18-19H,1-2H2,(H2,13,14,15)(H2,20,21,22)/t5-,7-,8+,9+,12?/m1/s1. The summed E-state index contributed by atoms with van der Waals surface area (Å²) in [5.41, 5.74) is 5.60. The molecule has 0 saturated heterocycles. The molecule has 0 spiro atoms. The van der Waals surface area contributed by atoms with E-state index in [1.54, 1.807) is 4.57 Å². The summed E-state index contributed by atoms with van der Waals surface area (Å²) in [6.45, 7) is 0. The number of nitrogens with two attached hydrogens (primary N) is 1. The predicted octanol–water partition coefficient (Wildman–Crippen LogP) is -1.13. The van der Waals surface area contributed by atoms with Gasteiger partial charge in [-0.3, -0.25) is 4.57 Å². The van der Waals surface area contributed by atoms with E-state index in [4.69, 9.17) is 5.73 Å². The van der Waals surface area contributed by atoms with Crippen LogP contribution in [-0.2, 0) is 4.57 Å². The molecule has 23 heavy (non-hydrogen) atoms. The Kier molecular flexibility index (Phi) is 2.92. The van der Waals surface area contributed by atoms with Crippen LogP contribution in [0.3, 0.4) is 0 Å². The largest absolute Gasteiger partial charge is 0.390 e. The molecule has 10 nitrogen and oxygen atoms in total. The molecule has 0 bridgehead atoms. The van der Waals surface area contributed by atoms with Gasteiger partial charge in [0.1, 0.15) is 17.9 Å². The molecule has 11 heteroatoms. The van der Waals surface area contributed by atoms with Crippen LogP contribution >= 0.6 is 7.60 Å². The normalized spacial score (nSPS) is 36.3. The fraction of sp³-hybridized carbons (Fsp3) is 0.583. The number of rotatable bonds is 3. The number of aromatic nitrogens is 4. The molecule has 0 amide bonds. The third-order valence-corrected chi connectivity index (χ3v) is 6.06. The molecular formula is C12H16N5O5P. The van der Waals surface area contributed by atoms with Gasteiger partial charge >= 0.3 is 7.60 Å². The lowest BCUT2D eigenvalue weighted by molar-refractivity contribution is -0.0137. The Morgan fingerprint density at radius 2 is 2.09 bits per heavy atom. The van der Waals surface area contributed by atoms with Crippen LogP contribution in [0.5, 0.6) is 0 Å². The Balaban J connectivity index is 1.76. The Morgan fingerprint density at radius 3 is 2.78 bits per heavy atom. The molecule has 0 aromatic carbocycles. The average Bonchev–Trinajstić information content (AvgIpc) is 2.89. The van der Waals surface area contributed by atoms with Crippen LogP contribution in [0.2, 0.25) is 0 Å². The predicted molar refractivity (Wildman–Crippen MR) is 78.2 cm³/mol. The Hall–Kier alpha value is -1.58. The third kappa shape index (κ3) is 2.03. The summed E-state index contributed by atoms with van der Waals surface area (Å²) in [6.07, 6.45) is 0.367. The second-order valence-corrected chi connectivity index (χ2v) is 8.02. The van der Waals surface area contributed by atoms with Crippen LogP contribution in [0.1, 0.15) is 12.5 Å². The first-order valence-electron chi connectivity index (χ1n) is 7.08. The minimum absolute atomic E-state index is 0.207. The van der Waals surface area contributed by atoms with Crippen molar-refractivity contribution in [3.8, 4) is 0 Å². The summed E-state index contributed by atoms with van der Waals surface area (Å²) in [5, 5.41) is 20.7. The zero-order valence-corrected chi connectivity index (χ0v) is 12.8. The van der Waals surface area contributed by atoms with E-state index in [2.05, 4.69) is 15.0 Å². The molecule has 2 saturated carbocycles. The summed E-state index contributed by atoms with van der Waals surface area (Å²) >= 11 is 0. The maximum atomic E-state index is 11.4. The van der Waals surface area contributed by atoms with E-state index in [1.807, 2.05) is 0 Å². The van der Waals surface area contributed by atoms with Gasteiger partial charge in [-0.2, -0.15) is 0 Å². The number of aliphatic hydroxyl groups is 2.